The van der Waals surface area contributed by atoms with Crippen molar-refractivity contribution in [3.05, 3.63) is 6.33 Å². The second kappa shape index (κ2) is 7.45. The number of thioether (sulfide) groups is 1. The van der Waals surface area contributed by atoms with Gasteiger partial charge in [0.25, 0.3) is 0 Å². The summed E-state index contributed by atoms with van der Waals surface area (Å²) in [5.74, 6) is 0.239. The zero-order valence-corrected chi connectivity index (χ0v) is 17.2. The summed E-state index contributed by atoms with van der Waals surface area (Å²) in [7, 11) is -4.21. The van der Waals surface area contributed by atoms with Crippen LogP contribution in [0.5, 0.6) is 0 Å². The highest BCUT2D eigenvalue weighted by Crippen LogP contribution is 2.53. The van der Waals surface area contributed by atoms with Crippen molar-refractivity contribution in [3.8, 4) is 0 Å². The van der Waals surface area contributed by atoms with Crippen LogP contribution in [0.2, 0.25) is 0 Å². The molecule has 2 aliphatic heterocycles. The van der Waals surface area contributed by atoms with Crippen molar-refractivity contribution in [2.75, 3.05) is 12.3 Å². The van der Waals surface area contributed by atoms with Crippen LogP contribution in [0.1, 0.15) is 38.3 Å². The molecule has 0 amide bonds. The van der Waals surface area contributed by atoms with E-state index in [1.165, 1.54) is 25.6 Å². The van der Waals surface area contributed by atoms with Crippen LogP contribution in [0.15, 0.2) is 11.5 Å². The van der Waals surface area contributed by atoms with Crippen LogP contribution in [0.3, 0.4) is 0 Å². The summed E-state index contributed by atoms with van der Waals surface area (Å²) in [6.45, 7) is -0.152. The molecule has 5 rings (SSSR count). The Labute approximate surface area is 170 Å². The van der Waals surface area contributed by atoms with Crippen molar-refractivity contribution in [2.45, 2.75) is 67.1 Å². The fourth-order valence-corrected chi connectivity index (χ4v) is 6.38. The normalized spacial score (nSPS) is 35.8. The predicted molar refractivity (Wildman–Crippen MR) is 103 cm³/mol. The van der Waals surface area contributed by atoms with E-state index in [1.54, 1.807) is 16.3 Å². The zero-order valence-electron chi connectivity index (χ0n) is 15.5. The number of aliphatic hydroxyl groups is 1. The maximum atomic E-state index is 11.8. The van der Waals surface area contributed by atoms with Crippen LogP contribution in [0, 0.1) is 0 Å². The second-order valence-electron chi connectivity index (χ2n) is 7.46. The molecule has 1 unspecified atom stereocenters. The number of aliphatic hydroxyl groups excluding tert-OH is 1. The Morgan fingerprint density at radius 1 is 1.28 bits per heavy atom. The van der Waals surface area contributed by atoms with E-state index in [1.807, 2.05) is 0 Å². The highest BCUT2D eigenvalue weighted by molar-refractivity contribution is 7.99. The number of nitrogens with zero attached hydrogens (tertiary/aromatic N) is 4. The summed E-state index contributed by atoms with van der Waals surface area (Å²) in [4.78, 5) is 22.6. The maximum Gasteiger partial charge on any atom is 0.472 e. The molecule has 3 fully saturated rings. The van der Waals surface area contributed by atoms with Gasteiger partial charge in [0.1, 0.15) is 24.6 Å². The number of rotatable bonds is 3. The van der Waals surface area contributed by atoms with Crippen molar-refractivity contribution in [1.82, 2.24) is 19.5 Å². The minimum Gasteiger partial charge on any atom is -0.386 e. The van der Waals surface area contributed by atoms with E-state index in [2.05, 4.69) is 15.0 Å². The molecule has 2 saturated heterocycles. The molecule has 5 atom stereocenters. The first-order valence-corrected chi connectivity index (χ1v) is 11.9. The molecular formula is C16H22N5O6PS. The molecule has 13 heteroatoms. The van der Waals surface area contributed by atoms with Crippen molar-refractivity contribution in [1.29, 1.82) is 0 Å². The minimum absolute atomic E-state index is 0.152. The first-order chi connectivity index (χ1) is 13.9. The number of hydrogen-bond donors (Lipinski definition) is 3. The molecule has 0 radical (unpaired) electrons. The Hall–Kier alpha value is -1.27. The fraction of sp³-hybridized carbons (Fsp3) is 0.688. The molecule has 3 aliphatic rings. The summed E-state index contributed by atoms with van der Waals surface area (Å²) < 4.78 is 29.4. The summed E-state index contributed by atoms with van der Waals surface area (Å²) in [6, 6.07) is 0. The standard InChI is InChI=1S/C16H22N5O6PS/c17-13-10-14(19-7-18-13)21(16(20-10)29-8-4-2-1-3-5-8)15-11(22)12-9(26-15)6-25-28(23,24)27-12/h7-9,11-12,15,22H,1-6H2,(H,23,24)(H2,17,18,19)/t9-,11-,12-,15-/m1/s1. The van der Waals surface area contributed by atoms with Gasteiger partial charge in [-0.15, -0.1) is 0 Å². The van der Waals surface area contributed by atoms with Crippen molar-refractivity contribution < 1.29 is 28.3 Å². The summed E-state index contributed by atoms with van der Waals surface area (Å²) >= 11 is 1.61. The monoisotopic (exact) mass is 443 g/mol. The van der Waals surface area contributed by atoms with Crippen LogP contribution in [0.25, 0.3) is 11.2 Å². The molecule has 0 bridgehead atoms. The van der Waals surface area contributed by atoms with E-state index in [-0.39, 0.29) is 12.4 Å². The topological polar surface area (TPSA) is 155 Å². The van der Waals surface area contributed by atoms with Crippen molar-refractivity contribution in [3.63, 3.8) is 0 Å². The van der Waals surface area contributed by atoms with E-state index >= 15 is 0 Å². The summed E-state index contributed by atoms with van der Waals surface area (Å²) in [5, 5.41) is 11.9. The molecule has 2 aromatic heterocycles. The van der Waals surface area contributed by atoms with Gasteiger partial charge >= 0.3 is 7.82 Å². The molecule has 0 spiro atoms. The van der Waals surface area contributed by atoms with Gasteiger partial charge in [-0.25, -0.2) is 19.5 Å². The lowest BCUT2D eigenvalue weighted by atomic mass is 10.0. The molecule has 29 heavy (non-hydrogen) atoms. The molecule has 158 valence electrons. The first kappa shape index (κ1) is 19.7. The van der Waals surface area contributed by atoms with E-state index in [4.69, 9.17) is 19.5 Å². The van der Waals surface area contributed by atoms with Gasteiger partial charge in [0.15, 0.2) is 28.4 Å². The summed E-state index contributed by atoms with van der Waals surface area (Å²) in [6.07, 6.45) is 3.28. The molecule has 11 nitrogen and oxygen atoms in total. The first-order valence-electron chi connectivity index (χ1n) is 9.57. The van der Waals surface area contributed by atoms with Gasteiger partial charge in [-0.2, -0.15) is 0 Å². The van der Waals surface area contributed by atoms with Crippen LogP contribution in [-0.2, 0) is 18.3 Å². The summed E-state index contributed by atoms with van der Waals surface area (Å²) in [5.41, 5.74) is 6.87. The number of aromatic nitrogens is 4. The van der Waals surface area contributed by atoms with Crippen molar-refractivity contribution in [2.24, 2.45) is 0 Å². The number of ether oxygens (including phenoxy) is 1. The highest BCUT2D eigenvalue weighted by atomic mass is 32.2. The number of hydrogen-bond acceptors (Lipinski definition) is 10. The molecule has 2 aromatic rings. The van der Waals surface area contributed by atoms with Gasteiger partial charge in [-0.1, -0.05) is 31.0 Å². The third-order valence-electron chi connectivity index (χ3n) is 5.52. The Morgan fingerprint density at radius 2 is 2.07 bits per heavy atom. The smallest absolute Gasteiger partial charge is 0.386 e. The van der Waals surface area contributed by atoms with Gasteiger partial charge in [0.05, 0.1) is 6.61 Å². The van der Waals surface area contributed by atoms with Crippen molar-refractivity contribution >= 4 is 36.6 Å². The second-order valence-corrected chi connectivity index (χ2v) is 10.1. The fourth-order valence-electron chi connectivity index (χ4n) is 4.10. The average molecular weight is 443 g/mol. The number of fused-ring (bicyclic) bond motifs is 2. The Bertz CT molecular complexity index is 969. The Kier molecular flexibility index (Phi) is 5.06. The quantitative estimate of drug-likeness (QED) is 0.592. The molecule has 4 N–H and O–H groups in total. The number of phosphoric acid groups is 1. The van der Waals surface area contributed by atoms with E-state index in [0.717, 1.165) is 12.8 Å². The number of imidazole rings is 1. The van der Waals surface area contributed by atoms with Crippen LogP contribution in [0.4, 0.5) is 5.82 Å². The third-order valence-corrected chi connectivity index (χ3v) is 7.81. The largest absolute Gasteiger partial charge is 0.472 e. The number of phosphoric ester groups is 1. The van der Waals surface area contributed by atoms with E-state index < -0.39 is 32.4 Å². The Morgan fingerprint density at radius 3 is 2.86 bits per heavy atom. The maximum absolute atomic E-state index is 11.8. The zero-order chi connectivity index (χ0) is 20.2. The van der Waals surface area contributed by atoms with Gasteiger partial charge in [-0.3, -0.25) is 13.6 Å². The van der Waals surface area contributed by atoms with Gasteiger partial charge in [0.2, 0.25) is 0 Å². The lowest BCUT2D eigenvalue weighted by Crippen LogP contribution is -2.39. The van der Waals surface area contributed by atoms with Crippen LogP contribution < -0.4 is 5.73 Å². The molecular weight excluding hydrogens is 421 g/mol. The minimum atomic E-state index is -4.21. The lowest BCUT2D eigenvalue weighted by Gasteiger charge is -2.27. The SMILES string of the molecule is Nc1ncnc2c1nc(SC1CCCCC1)n2[C@@H]1O[C@@H]2COP(=O)(O)O[C@H]2[C@H]1O. The van der Waals surface area contributed by atoms with Crippen LogP contribution >= 0.6 is 19.6 Å². The van der Waals surface area contributed by atoms with Crippen LogP contribution in [-0.4, -0.2) is 59.7 Å². The molecule has 0 aromatic carbocycles. The predicted octanol–water partition coefficient (Wildman–Crippen LogP) is 1.61. The molecule has 4 heterocycles. The van der Waals surface area contributed by atoms with E-state index in [9.17, 15) is 14.6 Å². The molecule has 1 saturated carbocycles. The third kappa shape index (κ3) is 3.56. The number of nitrogens with two attached hydrogens (primary N) is 1. The highest BCUT2D eigenvalue weighted by Gasteiger charge is 2.53. The van der Waals surface area contributed by atoms with E-state index in [0.29, 0.717) is 21.6 Å². The Balaban J connectivity index is 1.54. The number of nitrogen functional groups attached to an aromatic ring is 1. The number of anilines is 1. The van der Waals surface area contributed by atoms with Gasteiger partial charge in [0, 0.05) is 5.25 Å². The lowest BCUT2D eigenvalue weighted by molar-refractivity contribution is -0.0684. The van der Waals surface area contributed by atoms with Gasteiger partial charge < -0.3 is 20.5 Å². The average Bonchev–Trinajstić information content (AvgIpc) is 3.20. The van der Waals surface area contributed by atoms with Gasteiger partial charge in [-0.05, 0) is 12.8 Å². The molecule has 1 aliphatic carbocycles.